The fourth-order valence-electron chi connectivity index (χ4n) is 3.24. The molecule has 0 aliphatic heterocycles. The van der Waals surface area contributed by atoms with Crippen LogP contribution in [0.25, 0.3) is 5.57 Å². The second-order valence-corrected chi connectivity index (χ2v) is 6.74. The third kappa shape index (κ3) is 5.12. The molecule has 0 atom stereocenters. The summed E-state index contributed by atoms with van der Waals surface area (Å²) in [6.07, 6.45) is 5.55. The lowest BCUT2D eigenvalue weighted by atomic mass is 9.93. The Bertz CT molecular complexity index is 787. The van der Waals surface area contributed by atoms with Crippen molar-refractivity contribution in [1.82, 2.24) is 4.98 Å². The number of rotatable bonds is 7. The van der Waals surface area contributed by atoms with Crippen molar-refractivity contribution >= 4 is 11.4 Å². The third-order valence-electron chi connectivity index (χ3n) is 4.72. The maximum atomic E-state index is 11.5. The first-order chi connectivity index (χ1) is 11.9. The van der Waals surface area contributed by atoms with Crippen LogP contribution in [0.15, 0.2) is 36.4 Å². The Morgan fingerprint density at radius 1 is 1.12 bits per heavy atom. The summed E-state index contributed by atoms with van der Waals surface area (Å²) in [5.41, 5.74) is 8.50. The summed E-state index contributed by atoms with van der Waals surface area (Å²) >= 11 is 0. The van der Waals surface area contributed by atoms with Crippen LogP contribution < -0.4 is 0 Å². The highest BCUT2D eigenvalue weighted by molar-refractivity contribution is 5.89. The Labute approximate surface area is 152 Å². The number of pyridine rings is 1. The quantitative estimate of drug-likeness (QED) is 0.675. The van der Waals surface area contributed by atoms with Crippen molar-refractivity contribution in [2.75, 3.05) is 0 Å². The van der Waals surface area contributed by atoms with E-state index in [0.717, 1.165) is 36.2 Å². The van der Waals surface area contributed by atoms with Crippen LogP contribution in [0, 0.1) is 13.8 Å². The number of carbonyl (C=O) groups excluding carboxylic acids is 1. The van der Waals surface area contributed by atoms with Crippen molar-refractivity contribution in [2.45, 2.75) is 60.3 Å². The van der Waals surface area contributed by atoms with E-state index in [0.29, 0.717) is 6.42 Å². The van der Waals surface area contributed by atoms with Gasteiger partial charge >= 0.3 is 0 Å². The van der Waals surface area contributed by atoms with Gasteiger partial charge in [-0.05, 0) is 80.9 Å². The topological polar surface area (TPSA) is 30.0 Å². The van der Waals surface area contributed by atoms with Crippen LogP contribution in [0.2, 0.25) is 0 Å². The highest BCUT2D eigenvalue weighted by atomic mass is 16.1. The van der Waals surface area contributed by atoms with E-state index in [2.05, 4.69) is 56.1 Å². The number of Topliss-reactive ketones (excluding diaryl/α,β-unsaturated/α-hetero) is 1. The largest absolute Gasteiger partial charge is 0.300 e. The standard InChI is InChI=1S/C23H29NO/c1-6-20(15-17(4)25)23-13-9-19(14-16(23)3)8-10-21-11-12-22(7-2)24-18(21)5/h6,9,11-14H,7-8,10,15H2,1-5H3/b20-6-. The summed E-state index contributed by atoms with van der Waals surface area (Å²) in [5, 5.41) is 0. The predicted molar refractivity (Wildman–Crippen MR) is 106 cm³/mol. The second kappa shape index (κ2) is 8.75. The van der Waals surface area contributed by atoms with Crippen LogP contribution in [0.3, 0.4) is 0 Å². The molecule has 0 fully saturated rings. The van der Waals surface area contributed by atoms with Crippen LogP contribution in [0.1, 0.15) is 60.8 Å². The number of aryl methyl sites for hydroxylation is 5. The molecule has 1 aromatic carbocycles. The number of allylic oxidation sites excluding steroid dienone is 2. The Balaban J connectivity index is 2.12. The molecule has 0 saturated heterocycles. The van der Waals surface area contributed by atoms with Gasteiger partial charge in [0.1, 0.15) is 5.78 Å². The Morgan fingerprint density at radius 2 is 1.88 bits per heavy atom. The monoisotopic (exact) mass is 335 g/mol. The van der Waals surface area contributed by atoms with Gasteiger partial charge in [-0.1, -0.05) is 37.3 Å². The SMILES string of the molecule is C/C=C(/CC(C)=O)c1ccc(CCc2ccc(CC)nc2C)cc1C. The number of carbonyl (C=O) groups is 1. The molecule has 0 saturated carbocycles. The molecule has 1 heterocycles. The van der Waals surface area contributed by atoms with Crippen molar-refractivity contribution in [1.29, 1.82) is 0 Å². The molecular formula is C23H29NO. The normalized spacial score (nSPS) is 11.6. The summed E-state index contributed by atoms with van der Waals surface area (Å²) in [6.45, 7) is 10.0. The number of aromatic nitrogens is 1. The van der Waals surface area contributed by atoms with Crippen LogP contribution in [0.5, 0.6) is 0 Å². The third-order valence-corrected chi connectivity index (χ3v) is 4.72. The van der Waals surface area contributed by atoms with Crippen molar-refractivity contribution in [2.24, 2.45) is 0 Å². The molecule has 2 nitrogen and oxygen atoms in total. The van der Waals surface area contributed by atoms with Gasteiger partial charge in [0.2, 0.25) is 0 Å². The minimum absolute atomic E-state index is 0.204. The van der Waals surface area contributed by atoms with Crippen LogP contribution in [0.4, 0.5) is 0 Å². The van der Waals surface area contributed by atoms with Gasteiger partial charge in [-0.25, -0.2) is 0 Å². The van der Waals surface area contributed by atoms with Gasteiger partial charge in [-0.3, -0.25) is 9.78 Å². The fourth-order valence-corrected chi connectivity index (χ4v) is 3.24. The van der Waals surface area contributed by atoms with Gasteiger partial charge in [0.25, 0.3) is 0 Å². The minimum Gasteiger partial charge on any atom is -0.300 e. The number of hydrogen-bond acceptors (Lipinski definition) is 2. The zero-order valence-corrected chi connectivity index (χ0v) is 16.1. The fraction of sp³-hybridized carbons (Fsp3) is 0.391. The van der Waals surface area contributed by atoms with Crippen LogP contribution in [-0.2, 0) is 24.1 Å². The molecule has 0 aliphatic carbocycles. The first-order valence-corrected chi connectivity index (χ1v) is 9.14. The molecule has 2 rings (SSSR count). The Morgan fingerprint density at radius 3 is 2.44 bits per heavy atom. The zero-order valence-electron chi connectivity index (χ0n) is 16.1. The molecule has 0 N–H and O–H groups in total. The smallest absolute Gasteiger partial charge is 0.134 e. The molecule has 2 heteroatoms. The number of nitrogens with zero attached hydrogens (tertiary/aromatic N) is 1. The van der Waals surface area contributed by atoms with E-state index in [4.69, 9.17) is 0 Å². The zero-order chi connectivity index (χ0) is 18.4. The molecule has 2 aromatic rings. The maximum absolute atomic E-state index is 11.5. The molecule has 0 unspecified atom stereocenters. The molecule has 0 spiro atoms. The second-order valence-electron chi connectivity index (χ2n) is 6.74. The summed E-state index contributed by atoms with van der Waals surface area (Å²) in [5.74, 6) is 0.204. The van der Waals surface area contributed by atoms with Gasteiger partial charge in [0.05, 0.1) is 0 Å². The molecule has 1 aromatic heterocycles. The maximum Gasteiger partial charge on any atom is 0.134 e. The lowest BCUT2D eigenvalue weighted by Crippen LogP contribution is -2.00. The number of benzene rings is 1. The van der Waals surface area contributed by atoms with Gasteiger partial charge in [-0.15, -0.1) is 0 Å². The van der Waals surface area contributed by atoms with Gasteiger partial charge in [0.15, 0.2) is 0 Å². The van der Waals surface area contributed by atoms with E-state index in [9.17, 15) is 4.79 Å². The molecule has 0 radical (unpaired) electrons. The molecule has 0 amide bonds. The van der Waals surface area contributed by atoms with E-state index in [1.54, 1.807) is 6.92 Å². The summed E-state index contributed by atoms with van der Waals surface area (Å²) in [6, 6.07) is 11.0. The summed E-state index contributed by atoms with van der Waals surface area (Å²) in [7, 11) is 0. The predicted octanol–water partition coefficient (Wildman–Crippen LogP) is 5.43. The Kier molecular flexibility index (Phi) is 6.69. The summed E-state index contributed by atoms with van der Waals surface area (Å²) in [4.78, 5) is 16.1. The van der Waals surface area contributed by atoms with E-state index in [-0.39, 0.29) is 5.78 Å². The molecule has 0 aliphatic rings. The van der Waals surface area contributed by atoms with Crippen LogP contribution in [-0.4, -0.2) is 10.8 Å². The van der Waals surface area contributed by atoms with E-state index < -0.39 is 0 Å². The molecule has 0 bridgehead atoms. The van der Waals surface area contributed by atoms with Crippen LogP contribution >= 0.6 is 0 Å². The molecular weight excluding hydrogens is 306 g/mol. The van der Waals surface area contributed by atoms with Gasteiger partial charge in [0, 0.05) is 17.8 Å². The van der Waals surface area contributed by atoms with Gasteiger partial charge in [-0.2, -0.15) is 0 Å². The average molecular weight is 335 g/mol. The average Bonchev–Trinajstić information content (AvgIpc) is 2.58. The van der Waals surface area contributed by atoms with E-state index in [1.807, 2.05) is 13.0 Å². The lowest BCUT2D eigenvalue weighted by Gasteiger charge is -2.12. The van der Waals surface area contributed by atoms with Crippen molar-refractivity contribution in [3.05, 3.63) is 70.0 Å². The molecule has 132 valence electrons. The Hall–Kier alpha value is -2.22. The van der Waals surface area contributed by atoms with Crippen molar-refractivity contribution in [3.8, 4) is 0 Å². The van der Waals surface area contributed by atoms with E-state index >= 15 is 0 Å². The highest BCUT2D eigenvalue weighted by Gasteiger charge is 2.08. The highest BCUT2D eigenvalue weighted by Crippen LogP contribution is 2.24. The lowest BCUT2D eigenvalue weighted by molar-refractivity contribution is -0.116. The number of ketones is 1. The minimum atomic E-state index is 0.204. The van der Waals surface area contributed by atoms with Gasteiger partial charge < -0.3 is 0 Å². The first-order valence-electron chi connectivity index (χ1n) is 9.14. The first kappa shape index (κ1) is 19.1. The summed E-state index contributed by atoms with van der Waals surface area (Å²) < 4.78 is 0. The van der Waals surface area contributed by atoms with Crippen molar-refractivity contribution < 1.29 is 4.79 Å². The van der Waals surface area contributed by atoms with Crippen molar-refractivity contribution in [3.63, 3.8) is 0 Å². The van der Waals surface area contributed by atoms with E-state index in [1.165, 1.54) is 22.3 Å². The number of hydrogen-bond donors (Lipinski definition) is 0. The molecule has 25 heavy (non-hydrogen) atoms.